The fourth-order valence-electron chi connectivity index (χ4n) is 4.59. The highest BCUT2D eigenvalue weighted by Crippen LogP contribution is 2.52. The molecule has 2 N–H and O–H groups in total. The number of nitriles is 1. The van der Waals surface area contributed by atoms with Crippen LogP contribution in [0.4, 0.5) is 18.9 Å². The molecule has 0 saturated heterocycles. The fraction of sp³-hybridized carbons (Fsp3) is 0.333. The van der Waals surface area contributed by atoms with Crippen LogP contribution in [0.3, 0.4) is 0 Å². The van der Waals surface area contributed by atoms with E-state index in [1.807, 2.05) is 32.9 Å². The van der Waals surface area contributed by atoms with E-state index in [1.165, 1.54) is 34.4 Å². The molecule has 0 fully saturated rings. The number of para-hydroxylation sites is 1. The van der Waals surface area contributed by atoms with Crippen molar-refractivity contribution in [3.05, 3.63) is 74.4 Å². The summed E-state index contributed by atoms with van der Waals surface area (Å²) in [6.45, 7) is 5.74. The molecular formula is C24H22F3N3OS. The molecule has 0 radical (unpaired) electrons. The summed E-state index contributed by atoms with van der Waals surface area (Å²) in [4.78, 5) is 16.5. The zero-order chi connectivity index (χ0) is 23.4. The minimum atomic E-state index is -4.62. The number of halogens is 3. The minimum absolute atomic E-state index is 0.0653. The lowest BCUT2D eigenvalue weighted by molar-refractivity contribution is -0.137. The van der Waals surface area contributed by atoms with E-state index in [-0.39, 0.29) is 29.3 Å². The highest BCUT2D eigenvalue weighted by Gasteiger charge is 2.46. The predicted molar refractivity (Wildman–Crippen MR) is 118 cm³/mol. The van der Waals surface area contributed by atoms with Crippen molar-refractivity contribution in [2.45, 2.75) is 45.7 Å². The lowest BCUT2D eigenvalue weighted by Crippen LogP contribution is -2.42. The normalized spacial score (nSPS) is 21.0. The van der Waals surface area contributed by atoms with Gasteiger partial charge in [0, 0.05) is 27.4 Å². The third-order valence-corrected chi connectivity index (χ3v) is 6.94. The number of carbonyl (C=O) groups excluding carboxylic acids is 1. The molecule has 4 rings (SSSR count). The van der Waals surface area contributed by atoms with Gasteiger partial charge in [-0.15, -0.1) is 11.3 Å². The van der Waals surface area contributed by atoms with Crippen LogP contribution < -0.4 is 10.6 Å². The number of nitrogens with two attached hydrogens (primary N) is 1. The summed E-state index contributed by atoms with van der Waals surface area (Å²) in [6, 6.07) is 11.0. The van der Waals surface area contributed by atoms with Crippen molar-refractivity contribution in [2.24, 2.45) is 11.1 Å². The van der Waals surface area contributed by atoms with Crippen molar-refractivity contribution in [1.29, 1.82) is 5.26 Å². The van der Waals surface area contributed by atoms with E-state index >= 15 is 0 Å². The number of anilines is 1. The Balaban J connectivity index is 2.04. The van der Waals surface area contributed by atoms with Crippen LogP contribution in [0.15, 0.2) is 59.1 Å². The fourth-order valence-corrected chi connectivity index (χ4v) is 5.58. The number of hydrogen-bond acceptors (Lipinski definition) is 5. The maximum Gasteiger partial charge on any atom is 0.418 e. The number of thiophene rings is 1. The zero-order valence-electron chi connectivity index (χ0n) is 17.9. The summed E-state index contributed by atoms with van der Waals surface area (Å²) in [5.41, 5.74) is 5.83. The van der Waals surface area contributed by atoms with Crippen LogP contribution in [-0.4, -0.2) is 5.78 Å². The van der Waals surface area contributed by atoms with Crippen molar-refractivity contribution in [3.63, 3.8) is 0 Å². The van der Waals surface area contributed by atoms with Crippen LogP contribution in [0.5, 0.6) is 0 Å². The molecule has 0 bridgehead atoms. The van der Waals surface area contributed by atoms with Gasteiger partial charge >= 0.3 is 6.18 Å². The maximum absolute atomic E-state index is 13.9. The molecule has 1 aromatic carbocycles. The van der Waals surface area contributed by atoms with Gasteiger partial charge in [0.1, 0.15) is 5.82 Å². The molecule has 1 aromatic heterocycles. The van der Waals surface area contributed by atoms with Gasteiger partial charge < -0.3 is 5.73 Å². The lowest BCUT2D eigenvalue weighted by atomic mass is 9.69. The number of aryl methyl sites for hydroxylation is 1. The zero-order valence-corrected chi connectivity index (χ0v) is 18.7. The Morgan fingerprint density at radius 1 is 1.19 bits per heavy atom. The van der Waals surface area contributed by atoms with Gasteiger partial charge in [0.25, 0.3) is 0 Å². The monoisotopic (exact) mass is 457 g/mol. The highest BCUT2D eigenvalue weighted by atomic mass is 32.1. The van der Waals surface area contributed by atoms with Crippen LogP contribution in [-0.2, 0) is 11.0 Å². The maximum atomic E-state index is 13.9. The number of ketones is 1. The quantitative estimate of drug-likeness (QED) is 0.599. The molecule has 1 atom stereocenters. The lowest BCUT2D eigenvalue weighted by Gasteiger charge is -2.44. The van der Waals surface area contributed by atoms with Gasteiger partial charge in [0.15, 0.2) is 5.78 Å². The van der Waals surface area contributed by atoms with Gasteiger partial charge in [0.2, 0.25) is 0 Å². The molecular weight excluding hydrogens is 435 g/mol. The van der Waals surface area contributed by atoms with Crippen molar-refractivity contribution < 1.29 is 18.0 Å². The average molecular weight is 458 g/mol. The van der Waals surface area contributed by atoms with Crippen LogP contribution in [0, 0.1) is 23.7 Å². The summed E-state index contributed by atoms with van der Waals surface area (Å²) in [5.74, 6) is -0.904. The minimum Gasteiger partial charge on any atom is -0.384 e. The molecule has 0 spiro atoms. The molecule has 4 nitrogen and oxygen atoms in total. The number of rotatable bonds is 2. The molecule has 8 heteroatoms. The SMILES string of the molecule is Cc1ccc(C2C(C#N)=C(N)N(c3ccccc3C(F)(F)F)C3=C2C(=O)CC(C)(C)C3)s1. The first-order chi connectivity index (χ1) is 14.9. The number of benzene rings is 1. The third kappa shape index (κ3) is 3.61. The standard InChI is InChI=1S/C24H22F3N3OS/c1-13-8-9-19(32-13)20-14(12-28)22(29)30(16-7-5-4-6-15(16)24(25,26)27)17-10-23(2,3)11-18(31)21(17)20/h4-9,20H,10-11,29H2,1-3H3. The second kappa shape index (κ2) is 7.52. The van der Waals surface area contributed by atoms with Crippen LogP contribution >= 0.6 is 11.3 Å². The second-order valence-corrected chi connectivity index (χ2v) is 10.3. The number of nitrogens with zero attached hydrogens (tertiary/aromatic N) is 2. The van der Waals surface area contributed by atoms with Gasteiger partial charge in [-0.1, -0.05) is 26.0 Å². The number of hydrogen-bond donors (Lipinski definition) is 1. The highest BCUT2D eigenvalue weighted by molar-refractivity contribution is 7.12. The first-order valence-electron chi connectivity index (χ1n) is 10.1. The molecule has 2 heterocycles. The molecule has 1 unspecified atom stereocenters. The molecule has 2 aliphatic rings. The Morgan fingerprint density at radius 3 is 2.47 bits per heavy atom. The summed E-state index contributed by atoms with van der Waals surface area (Å²) in [6.07, 6.45) is -4.01. The van der Waals surface area contributed by atoms with Crippen LogP contribution in [0.1, 0.15) is 47.9 Å². The van der Waals surface area contributed by atoms with E-state index in [9.17, 15) is 23.2 Å². The van der Waals surface area contributed by atoms with Crippen molar-refractivity contribution in [3.8, 4) is 6.07 Å². The largest absolute Gasteiger partial charge is 0.418 e. The van der Waals surface area contributed by atoms with Crippen molar-refractivity contribution in [1.82, 2.24) is 0 Å². The Kier molecular flexibility index (Phi) is 5.21. The summed E-state index contributed by atoms with van der Waals surface area (Å²) in [7, 11) is 0. The van der Waals surface area contributed by atoms with E-state index in [0.717, 1.165) is 15.8 Å². The van der Waals surface area contributed by atoms with Crippen LogP contribution in [0.25, 0.3) is 0 Å². The van der Waals surface area contributed by atoms with Crippen LogP contribution in [0.2, 0.25) is 0 Å². The van der Waals surface area contributed by atoms with E-state index in [4.69, 9.17) is 5.73 Å². The van der Waals surface area contributed by atoms with E-state index in [0.29, 0.717) is 17.7 Å². The predicted octanol–water partition coefficient (Wildman–Crippen LogP) is 6.02. The first-order valence-corrected chi connectivity index (χ1v) is 10.9. The van der Waals surface area contributed by atoms with Gasteiger partial charge in [-0.2, -0.15) is 18.4 Å². The number of carbonyl (C=O) groups is 1. The molecule has 2 aromatic rings. The molecule has 1 aliphatic heterocycles. The van der Waals surface area contributed by atoms with Gasteiger partial charge in [-0.3, -0.25) is 9.69 Å². The number of allylic oxidation sites excluding steroid dienone is 3. The molecule has 166 valence electrons. The van der Waals surface area contributed by atoms with E-state index < -0.39 is 23.1 Å². The van der Waals surface area contributed by atoms with Crippen molar-refractivity contribution in [2.75, 3.05) is 4.90 Å². The smallest absolute Gasteiger partial charge is 0.384 e. The van der Waals surface area contributed by atoms with Gasteiger partial charge in [-0.05, 0) is 43.0 Å². The Bertz CT molecular complexity index is 1210. The summed E-state index contributed by atoms with van der Waals surface area (Å²) >= 11 is 1.45. The molecule has 1 aliphatic carbocycles. The van der Waals surface area contributed by atoms with E-state index in [1.54, 1.807) is 0 Å². The Morgan fingerprint density at radius 2 is 1.88 bits per heavy atom. The molecule has 0 amide bonds. The average Bonchev–Trinajstić information content (AvgIpc) is 3.11. The molecule has 0 saturated carbocycles. The van der Waals surface area contributed by atoms with Gasteiger partial charge in [0.05, 0.1) is 28.8 Å². The number of alkyl halides is 3. The Labute approximate surface area is 188 Å². The van der Waals surface area contributed by atoms with E-state index in [2.05, 4.69) is 6.07 Å². The Hall–Kier alpha value is -3.05. The topological polar surface area (TPSA) is 70.1 Å². The van der Waals surface area contributed by atoms with Gasteiger partial charge in [-0.25, -0.2) is 0 Å². The summed E-state index contributed by atoms with van der Waals surface area (Å²) < 4.78 is 41.6. The first kappa shape index (κ1) is 22.2. The third-order valence-electron chi connectivity index (χ3n) is 5.88. The number of Topliss-reactive ketones (excluding diaryl/α,β-unsaturated/α-hetero) is 1. The van der Waals surface area contributed by atoms with Crippen molar-refractivity contribution >= 4 is 22.8 Å². The molecule has 32 heavy (non-hydrogen) atoms. The second-order valence-electron chi connectivity index (χ2n) is 8.94. The summed E-state index contributed by atoms with van der Waals surface area (Å²) in [5, 5.41) is 10.0.